The van der Waals surface area contributed by atoms with Crippen molar-refractivity contribution in [2.24, 2.45) is 0 Å². The Labute approximate surface area is 106 Å². The molecule has 0 radical (unpaired) electrons. The molecule has 0 spiro atoms. The van der Waals surface area contributed by atoms with E-state index in [1.54, 1.807) is 6.07 Å². The molecule has 16 heavy (non-hydrogen) atoms. The van der Waals surface area contributed by atoms with Gasteiger partial charge in [0.15, 0.2) is 0 Å². The molecule has 0 saturated carbocycles. The van der Waals surface area contributed by atoms with Crippen molar-refractivity contribution in [3.05, 3.63) is 35.6 Å². The highest BCUT2D eigenvalue weighted by Crippen LogP contribution is 2.16. The van der Waals surface area contributed by atoms with E-state index in [-0.39, 0.29) is 11.4 Å². The molecule has 0 fully saturated rings. The minimum Gasteiger partial charge on any atom is -0.305 e. The van der Waals surface area contributed by atoms with Crippen molar-refractivity contribution in [1.82, 2.24) is 5.32 Å². The van der Waals surface area contributed by atoms with Gasteiger partial charge >= 0.3 is 0 Å². The molecule has 0 bridgehead atoms. The van der Waals surface area contributed by atoms with E-state index in [2.05, 4.69) is 5.32 Å². The number of halogens is 3. The molecule has 0 amide bonds. The number of hydrogen-bond donors (Lipinski definition) is 1. The molecule has 0 unspecified atom stereocenters. The van der Waals surface area contributed by atoms with Crippen molar-refractivity contribution < 1.29 is 4.39 Å². The van der Waals surface area contributed by atoms with Gasteiger partial charge in [0.1, 0.15) is 5.82 Å². The minimum atomic E-state index is -0.268. The lowest BCUT2D eigenvalue weighted by Crippen LogP contribution is -2.47. The highest BCUT2D eigenvalue weighted by molar-refractivity contribution is 6.22. The van der Waals surface area contributed by atoms with Gasteiger partial charge in [-0.1, -0.05) is 19.1 Å². The van der Waals surface area contributed by atoms with Crippen molar-refractivity contribution in [1.29, 1.82) is 0 Å². The lowest BCUT2D eigenvalue weighted by atomic mass is 10.0. The molecule has 0 aliphatic heterocycles. The zero-order valence-corrected chi connectivity index (χ0v) is 10.8. The van der Waals surface area contributed by atoms with Gasteiger partial charge in [-0.2, -0.15) is 0 Å². The summed E-state index contributed by atoms with van der Waals surface area (Å²) in [6.45, 7) is 2.61. The van der Waals surface area contributed by atoms with Gasteiger partial charge in [-0.3, -0.25) is 0 Å². The normalized spacial score (nSPS) is 11.8. The Kier molecular flexibility index (Phi) is 5.53. The standard InChI is InChI=1S/C12H16Cl2FN/c1-2-12(8-13,9-14)16-7-10-4-3-5-11(15)6-10/h3-6,16H,2,7-9H2,1H3. The molecule has 4 heteroatoms. The summed E-state index contributed by atoms with van der Waals surface area (Å²) in [5.41, 5.74) is 0.628. The molecule has 90 valence electrons. The number of rotatable bonds is 6. The second-order valence-corrected chi connectivity index (χ2v) is 4.42. The van der Waals surface area contributed by atoms with Crippen LogP contribution in [0.4, 0.5) is 4.39 Å². The highest BCUT2D eigenvalue weighted by Gasteiger charge is 2.25. The molecule has 0 saturated heterocycles. The molecule has 0 aromatic heterocycles. The van der Waals surface area contributed by atoms with E-state index in [4.69, 9.17) is 23.2 Å². The van der Waals surface area contributed by atoms with E-state index in [1.807, 2.05) is 13.0 Å². The largest absolute Gasteiger partial charge is 0.305 e. The second kappa shape index (κ2) is 6.43. The Bertz CT molecular complexity index is 318. The second-order valence-electron chi connectivity index (χ2n) is 3.88. The first-order valence-corrected chi connectivity index (χ1v) is 6.34. The quantitative estimate of drug-likeness (QED) is 0.775. The Balaban J connectivity index is 2.62. The van der Waals surface area contributed by atoms with Gasteiger partial charge in [-0.25, -0.2) is 4.39 Å². The summed E-state index contributed by atoms with van der Waals surface area (Å²) in [6, 6.07) is 6.51. The summed E-state index contributed by atoms with van der Waals surface area (Å²) in [4.78, 5) is 0. The van der Waals surface area contributed by atoms with E-state index in [9.17, 15) is 4.39 Å². The fourth-order valence-corrected chi connectivity index (χ4v) is 2.23. The zero-order valence-electron chi connectivity index (χ0n) is 9.27. The van der Waals surface area contributed by atoms with E-state index in [1.165, 1.54) is 12.1 Å². The molecule has 0 aliphatic carbocycles. The van der Waals surface area contributed by atoms with Crippen LogP contribution in [-0.2, 0) is 6.54 Å². The first-order valence-electron chi connectivity index (χ1n) is 5.27. The Morgan fingerprint density at radius 2 is 2.00 bits per heavy atom. The summed E-state index contributed by atoms with van der Waals surface area (Å²) in [5.74, 6) is 0.670. The monoisotopic (exact) mass is 263 g/mol. The van der Waals surface area contributed by atoms with Crippen LogP contribution in [0.25, 0.3) is 0 Å². The van der Waals surface area contributed by atoms with Gasteiger partial charge in [-0.05, 0) is 24.1 Å². The van der Waals surface area contributed by atoms with Crippen molar-refractivity contribution in [2.45, 2.75) is 25.4 Å². The predicted molar refractivity (Wildman–Crippen MR) is 67.7 cm³/mol. The Morgan fingerprint density at radius 3 is 2.50 bits per heavy atom. The first kappa shape index (κ1) is 13.8. The third kappa shape index (κ3) is 3.62. The van der Waals surface area contributed by atoms with Crippen LogP contribution in [0, 0.1) is 5.82 Å². The van der Waals surface area contributed by atoms with E-state index >= 15 is 0 Å². The van der Waals surface area contributed by atoms with E-state index in [0.717, 1.165) is 12.0 Å². The summed E-state index contributed by atoms with van der Waals surface area (Å²) in [5, 5.41) is 3.30. The number of alkyl halides is 2. The van der Waals surface area contributed by atoms with E-state index in [0.29, 0.717) is 18.3 Å². The maximum absolute atomic E-state index is 13.0. The molecule has 0 atom stereocenters. The molecule has 0 heterocycles. The average molecular weight is 264 g/mol. The first-order chi connectivity index (χ1) is 7.65. The third-order valence-corrected chi connectivity index (χ3v) is 3.77. The van der Waals surface area contributed by atoms with Gasteiger partial charge in [-0.15, -0.1) is 23.2 Å². The Morgan fingerprint density at radius 1 is 1.31 bits per heavy atom. The highest BCUT2D eigenvalue weighted by atomic mass is 35.5. The lowest BCUT2D eigenvalue weighted by molar-refractivity contribution is 0.384. The average Bonchev–Trinajstić information content (AvgIpc) is 2.32. The molecule has 1 aromatic carbocycles. The molecular formula is C12H16Cl2FN. The molecule has 1 N–H and O–H groups in total. The topological polar surface area (TPSA) is 12.0 Å². The minimum absolute atomic E-state index is 0.224. The van der Waals surface area contributed by atoms with Gasteiger partial charge in [0.25, 0.3) is 0 Å². The maximum atomic E-state index is 13.0. The fraction of sp³-hybridized carbons (Fsp3) is 0.500. The summed E-state index contributed by atoms with van der Waals surface area (Å²) >= 11 is 11.8. The third-order valence-electron chi connectivity index (χ3n) is 2.74. The molecule has 1 nitrogen and oxygen atoms in total. The Hall–Kier alpha value is -0.310. The molecule has 1 rings (SSSR count). The van der Waals surface area contributed by atoms with Gasteiger partial charge in [0.2, 0.25) is 0 Å². The summed E-state index contributed by atoms with van der Waals surface area (Å²) in [7, 11) is 0. The van der Waals surface area contributed by atoms with Crippen molar-refractivity contribution >= 4 is 23.2 Å². The van der Waals surface area contributed by atoms with Crippen molar-refractivity contribution in [3.63, 3.8) is 0 Å². The SMILES string of the molecule is CCC(CCl)(CCl)NCc1cccc(F)c1. The predicted octanol–water partition coefficient (Wildman–Crippen LogP) is 3.54. The molecule has 1 aromatic rings. The summed E-state index contributed by atoms with van der Waals surface area (Å²) in [6.07, 6.45) is 0.843. The fourth-order valence-electron chi connectivity index (χ4n) is 1.38. The van der Waals surface area contributed by atoms with Gasteiger partial charge in [0, 0.05) is 23.8 Å². The van der Waals surface area contributed by atoms with E-state index < -0.39 is 0 Å². The number of nitrogens with one attached hydrogen (secondary N) is 1. The van der Waals surface area contributed by atoms with Crippen molar-refractivity contribution in [2.75, 3.05) is 11.8 Å². The van der Waals surface area contributed by atoms with Gasteiger partial charge < -0.3 is 5.32 Å². The van der Waals surface area contributed by atoms with Crippen LogP contribution >= 0.6 is 23.2 Å². The van der Waals surface area contributed by atoms with Crippen LogP contribution in [0.1, 0.15) is 18.9 Å². The molecule has 0 aliphatic rings. The number of benzene rings is 1. The van der Waals surface area contributed by atoms with Crippen LogP contribution in [-0.4, -0.2) is 17.3 Å². The summed E-state index contributed by atoms with van der Waals surface area (Å²) < 4.78 is 13.0. The van der Waals surface area contributed by atoms with Crippen LogP contribution in [0.2, 0.25) is 0 Å². The number of hydrogen-bond acceptors (Lipinski definition) is 1. The van der Waals surface area contributed by atoms with Crippen LogP contribution < -0.4 is 5.32 Å². The maximum Gasteiger partial charge on any atom is 0.123 e. The van der Waals surface area contributed by atoms with Crippen LogP contribution in [0.5, 0.6) is 0 Å². The smallest absolute Gasteiger partial charge is 0.123 e. The lowest BCUT2D eigenvalue weighted by Gasteiger charge is -2.29. The zero-order chi connectivity index (χ0) is 12.0. The van der Waals surface area contributed by atoms with Crippen LogP contribution in [0.15, 0.2) is 24.3 Å². The van der Waals surface area contributed by atoms with Gasteiger partial charge in [0.05, 0.1) is 0 Å². The van der Waals surface area contributed by atoms with Crippen LogP contribution in [0.3, 0.4) is 0 Å². The molecular weight excluding hydrogens is 248 g/mol. The van der Waals surface area contributed by atoms with Crippen molar-refractivity contribution in [3.8, 4) is 0 Å².